The van der Waals surface area contributed by atoms with Crippen molar-refractivity contribution in [1.82, 2.24) is 4.98 Å². The number of hydrogen-bond acceptors (Lipinski definition) is 4. The largest absolute Gasteiger partial charge is 0.489 e. The number of nitrogens with zero attached hydrogens (tertiary/aromatic N) is 1. The second-order valence-electron chi connectivity index (χ2n) is 6.81. The third-order valence-corrected chi connectivity index (χ3v) is 6.51. The van der Waals surface area contributed by atoms with Crippen molar-refractivity contribution in [3.63, 3.8) is 0 Å². The van der Waals surface area contributed by atoms with E-state index in [-0.39, 0.29) is 10.6 Å². The maximum absolute atomic E-state index is 12.9. The highest BCUT2D eigenvalue weighted by molar-refractivity contribution is 7.91. The number of pyridine rings is 1. The van der Waals surface area contributed by atoms with Gasteiger partial charge >= 0.3 is 0 Å². The van der Waals surface area contributed by atoms with Crippen LogP contribution in [0.15, 0.2) is 96.0 Å². The number of ether oxygens (including phenoxy) is 1. The maximum atomic E-state index is 12.9. The Kier molecular flexibility index (Phi) is 5.58. The van der Waals surface area contributed by atoms with Gasteiger partial charge in [0.1, 0.15) is 12.4 Å². The molecule has 4 nitrogen and oxygen atoms in total. The number of benzene rings is 3. The third-order valence-electron chi connectivity index (χ3n) is 4.79. The van der Waals surface area contributed by atoms with E-state index in [1.165, 1.54) is 0 Å². The first-order chi connectivity index (χ1) is 14.1. The molecule has 0 fully saturated rings. The number of fused-ring (bicyclic) bond motifs is 1. The van der Waals surface area contributed by atoms with E-state index in [9.17, 15) is 8.42 Å². The molecule has 0 radical (unpaired) electrons. The fourth-order valence-electron chi connectivity index (χ4n) is 3.23. The van der Waals surface area contributed by atoms with E-state index < -0.39 is 9.84 Å². The molecule has 1 aromatic heterocycles. The van der Waals surface area contributed by atoms with Crippen molar-refractivity contribution >= 4 is 20.7 Å². The summed E-state index contributed by atoms with van der Waals surface area (Å²) in [7, 11) is -3.43. The Morgan fingerprint density at radius 1 is 0.828 bits per heavy atom. The van der Waals surface area contributed by atoms with Gasteiger partial charge in [-0.3, -0.25) is 4.98 Å². The first-order valence-corrected chi connectivity index (χ1v) is 11.1. The van der Waals surface area contributed by atoms with E-state index in [1.54, 1.807) is 30.5 Å². The Morgan fingerprint density at radius 2 is 1.62 bits per heavy atom. The Morgan fingerprint density at radius 3 is 2.48 bits per heavy atom. The molecule has 0 aliphatic carbocycles. The van der Waals surface area contributed by atoms with E-state index >= 15 is 0 Å². The molecule has 0 saturated heterocycles. The van der Waals surface area contributed by atoms with Crippen molar-refractivity contribution in [2.45, 2.75) is 17.9 Å². The molecule has 5 heteroatoms. The van der Waals surface area contributed by atoms with E-state index in [0.29, 0.717) is 18.8 Å². The molecule has 0 amide bonds. The first kappa shape index (κ1) is 19.2. The van der Waals surface area contributed by atoms with E-state index in [1.807, 2.05) is 60.7 Å². The average molecular weight is 404 g/mol. The van der Waals surface area contributed by atoms with E-state index in [2.05, 4.69) is 4.98 Å². The van der Waals surface area contributed by atoms with Crippen molar-refractivity contribution in [1.29, 1.82) is 0 Å². The molecule has 0 aliphatic heterocycles. The summed E-state index contributed by atoms with van der Waals surface area (Å²) in [6.07, 6.45) is 2.16. The monoisotopic (exact) mass is 403 g/mol. The van der Waals surface area contributed by atoms with Crippen LogP contribution in [0.2, 0.25) is 0 Å². The lowest BCUT2D eigenvalue weighted by molar-refractivity contribution is 0.305. The van der Waals surface area contributed by atoms with E-state index in [0.717, 1.165) is 22.0 Å². The van der Waals surface area contributed by atoms with Gasteiger partial charge in [0.15, 0.2) is 9.84 Å². The minimum Gasteiger partial charge on any atom is -0.489 e. The van der Waals surface area contributed by atoms with Gasteiger partial charge in [0, 0.05) is 11.6 Å². The highest BCUT2D eigenvalue weighted by atomic mass is 32.2. The zero-order valence-corrected chi connectivity index (χ0v) is 16.7. The van der Waals surface area contributed by atoms with Gasteiger partial charge < -0.3 is 4.74 Å². The lowest BCUT2D eigenvalue weighted by atomic mass is 10.1. The number of aryl methyl sites for hydroxylation is 1. The molecule has 146 valence electrons. The molecular weight excluding hydrogens is 382 g/mol. The molecule has 29 heavy (non-hydrogen) atoms. The van der Waals surface area contributed by atoms with Gasteiger partial charge in [-0.2, -0.15) is 0 Å². The maximum Gasteiger partial charge on any atom is 0.178 e. The predicted molar refractivity (Wildman–Crippen MR) is 115 cm³/mol. The minimum absolute atomic E-state index is 0.0309. The first-order valence-electron chi connectivity index (χ1n) is 9.44. The molecule has 0 atom stereocenters. The van der Waals surface area contributed by atoms with Gasteiger partial charge in [0.2, 0.25) is 0 Å². The number of aromatic nitrogens is 1. The summed E-state index contributed by atoms with van der Waals surface area (Å²) in [6.45, 7) is 0.396. The SMILES string of the molecule is O=S(=O)(CCc1ccnc2ccccc12)c1cccc(OCc2ccccc2)c1. The van der Waals surface area contributed by atoms with Gasteiger partial charge in [-0.15, -0.1) is 0 Å². The van der Waals surface area contributed by atoms with E-state index in [4.69, 9.17) is 4.74 Å². The molecule has 0 saturated carbocycles. The molecule has 0 spiro atoms. The predicted octanol–water partition coefficient (Wildman–Crippen LogP) is 4.83. The van der Waals surface area contributed by atoms with Crippen LogP contribution in [0.3, 0.4) is 0 Å². The standard InChI is InChI=1S/C24H21NO3S/c26-29(27,16-14-20-13-15-25-24-12-5-4-11-23(20)24)22-10-6-9-21(17-22)28-18-19-7-2-1-3-8-19/h1-13,15,17H,14,16,18H2. The van der Waals surface area contributed by atoms with Crippen LogP contribution in [0.25, 0.3) is 10.9 Å². The smallest absolute Gasteiger partial charge is 0.178 e. The zero-order chi connectivity index (χ0) is 20.1. The Balaban J connectivity index is 1.48. The summed E-state index contributed by atoms with van der Waals surface area (Å²) >= 11 is 0. The minimum atomic E-state index is -3.43. The fraction of sp³-hybridized carbons (Fsp3) is 0.125. The second kappa shape index (κ2) is 8.45. The topological polar surface area (TPSA) is 56.3 Å². The van der Waals surface area contributed by atoms with Crippen LogP contribution in [0.1, 0.15) is 11.1 Å². The summed E-state index contributed by atoms with van der Waals surface area (Å²) in [5, 5.41) is 0.991. The Labute approximate surface area is 170 Å². The number of rotatable bonds is 7. The number of para-hydroxylation sites is 1. The van der Waals surface area contributed by atoms with Crippen LogP contribution < -0.4 is 4.74 Å². The second-order valence-corrected chi connectivity index (χ2v) is 8.91. The van der Waals surface area contributed by atoms with Crippen LogP contribution in [-0.2, 0) is 22.9 Å². The lowest BCUT2D eigenvalue weighted by Crippen LogP contribution is -2.10. The normalized spacial score (nSPS) is 11.4. The number of sulfone groups is 1. The van der Waals surface area contributed by atoms with Gasteiger partial charge in [0.25, 0.3) is 0 Å². The molecule has 0 bridgehead atoms. The van der Waals surface area contributed by atoms with Gasteiger partial charge in [-0.25, -0.2) is 8.42 Å². The summed E-state index contributed by atoms with van der Waals surface area (Å²) in [6, 6.07) is 26.2. The van der Waals surface area contributed by atoms with Gasteiger partial charge in [-0.1, -0.05) is 54.6 Å². The Hall–Kier alpha value is -3.18. The quantitative estimate of drug-likeness (QED) is 0.443. The molecule has 4 aromatic rings. The fourth-order valence-corrected chi connectivity index (χ4v) is 4.54. The molecule has 4 rings (SSSR count). The van der Waals surface area contributed by atoms with Crippen LogP contribution in [0, 0.1) is 0 Å². The number of hydrogen-bond donors (Lipinski definition) is 0. The Bertz CT molecular complexity index is 1220. The third kappa shape index (κ3) is 4.63. The molecule has 0 aliphatic rings. The summed E-state index contributed by atoms with van der Waals surface area (Å²) < 4.78 is 31.6. The molecule has 0 unspecified atom stereocenters. The van der Waals surface area contributed by atoms with Crippen LogP contribution in [-0.4, -0.2) is 19.2 Å². The van der Waals surface area contributed by atoms with Gasteiger partial charge in [-0.05, 0) is 47.9 Å². The van der Waals surface area contributed by atoms with Crippen LogP contribution >= 0.6 is 0 Å². The van der Waals surface area contributed by atoms with Crippen molar-refractivity contribution in [3.05, 3.63) is 102 Å². The highest BCUT2D eigenvalue weighted by Crippen LogP contribution is 2.22. The van der Waals surface area contributed by atoms with Crippen molar-refractivity contribution < 1.29 is 13.2 Å². The summed E-state index contributed by atoms with van der Waals surface area (Å²) in [4.78, 5) is 4.61. The average Bonchev–Trinajstić information content (AvgIpc) is 2.77. The van der Waals surface area contributed by atoms with Crippen molar-refractivity contribution in [2.24, 2.45) is 0 Å². The molecule has 0 N–H and O–H groups in total. The lowest BCUT2D eigenvalue weighted by Gasteiger charge is -2.10. The van der Waals surface area contributed by atoms with Crippen molar-refractivity contribution in [3.8, 4) is 5.75 Å². The van der Waals surface area contributed by atoms with Crippen LogP contribution in [0.4, 0.5) is 0 Å². The summed E-state index contributed by atoms with van der Waals surface area (Å²) in [5.74, 6) is 0.577. The zero-order valence-electron chi connectivity index (χ0n) is 15.9. The highest BCUT2D eigenvalue weighted by Gasteiger charge is 2.16. The van der Waals surface area contributed by atoms with Crippen molar-refractivity contribution in [2.75, 3.05) is 5.75 Å². The molecule has 1 heterocycles. The van der Waals surface area contributed by atoms with Crippen LogP contribution in [0.5, 0.6) is 5.75 Å². The summed E-state index contributed by atoms with van der Waals surface area (Å²) in [5.41, 5.74) is 2.89. The van der Waals surface area contributed by atoms with Gasteiger partial charge in [0.05, 0.1) is 16.2 Å². The molecular formula is C24H21NO3S. The molecule has 3 aromatic carbocycles.